The van der Waals surface area contributed by atoms with Gasteiger partial charge in [0.2, 0.25) is 0 Å². The van der Waals surface area contributed by atoms with Crippen LogP contribution >= 0.6 is 24.0 Å². The fraction of sp³-hybridized carbons (Fsp3) is 0.733. The average Bonchev–Trinajstić information content (AvgIpc) is 2.77. The van der Waals surface area contributed by atoms with Crippen molar-refractivity contribution in [2.24, 2.45) is 10.4 Å². The number of aromatic nitrogens is 1. The summed E-state index contributed by atoms with van der Waals surface area (Å²) in [5.41, 5.74) is 2.11. The molecule has 1 fully saturated rings. The van der Waals surface area contributed by atoms with Gasteiger partial charge in [0, 0.05) is 37.7 Å². The molecular formula is C15H27IN4O2. The van der Waals surface area contributed by atoms with Gasteiger partial charge in [0.15, 0.2) is 5.96 Å². The summed E-state index contributed by atoms with van der Waals surface area (Å²) < 4.78 is 10.6. The highest BCUT2D eigenvalue weighted by molar-refractivity contribution is 14.0. The van der Waals surface area contributed by atoms with Gasteiger partial charge in [-0.1, -0.05) is 19.0 Å². The van der Waals surface area contributed by atoms with Crippen LogP contribution in [0.4, 0.5) is 0 Å². The first-order valence-corrected chi connectivity index (χ1v) is 7.31. The van der Waals surface area contributed by atoms with E-state index in [1.807, 2.05) is 13.8 Å². The van der Waals surface area contributed by atoms with E-state index in [2.05, 4.69) is 34.6 Å². The lowest BCUT2D eigenvalue weighted by Gasteiger charge is -2.51. The third kappa shape index (κ3) is 3.73. The highest BCUT2D eigenvalue weighted by atomic mass is 127. The Morgan fingerprint density at radius 1 is 1.45 bits per heavy atom. The molecule has 126 valence electrons. The number of hydrogen-bond acceptors (Lipinski definition) is 4. The van der Waals surface area contributed by atoms with Gasteiger partial charge in [0.05, 0.1) is 11.8 Å². The number of rotatable bonds is 4. The molecule has 2 unspecified atom stereocenters. The van der Waals surface area contributed by atoms with Crippen molar-refractivity contribution in [3.05, 3.63) is 17.0 Å². The molecule has 1 aliphatic rings. The molecule has 0 aromatic carbocycles. The summed E-state index contributed by atoms with van der Waals surface area (Å²) >= 11 is 0. The number of nitrogens with one attached hydrogen (secondary N) is 2. The summed E-state index contributed by atoms with van der Waals surface area (Å²) in [4.78, 5) is 4.29. The predicted molar refractivity (Wildman–Crippen MR) is 97.7 cm³/mol. The molecule has 0 radical (unpaired) electrons. The highest BCUT2D eigenvalue weighted by Gasteiger charge is 2.48. The molecule has 6 nitrogen and oxygen atoms in total. The molecule has 1 aromatic rings. The first-order valence-electron chi connectivity index (χ1n) is 7.31. The Bertz CT molecular complexity index is 508. The van der Waals surface area contributed by atoms with Gasteiger partial charge < -0.3 is 19.9 Å². The maximum absolute atomic E-state index is 5.48. The lowest BCUT2D eigenvalue weighted by atomic mass is 9.64. The molecule has 0 saturated heterocycles. The van der Waals surface area contributed by atoms with E-state index in [0.717, 1.165) is 29.4 Å². The van der Waals surface area contributed by atoms with Gasteiger partial charge in [-0.15, -0.1) is 24.0 Å². The van der Waals surface area contributed by atoms with Crippen molar-refractivity contribution >= 4 is 29.9 Å². The lowest BCUT2D eigenvalue weighted by molar-refractivity contribution is -0.0922. The van der Waals surface area contributed by atoms with Crippen molar-refractivity contribution in [3.63, 3.8) is 0 Å². The largest absolute Gasteiger partial charge is 0.381 e. The fourth-order valence-corrected chi connectivity index (χ4v) is 2.82. The number of hydrogen-bond donors (Lipinski definition) is 2. The van der Waals surface area contributed by atoms with Crippen LogP contribution in [0.25, 0.3) is 0 Å². The first-order chi connectivity index (χ1) is 9.90. The molecule has 1 aromatic heterocycles. The molecule has 2 rings (SSSR count). The van der Waals surface area contributed by atoms with E-state index >= 15 is 0 Å². The van der Waals surface area contributed by atoms with Crippen LogP contribution in [0.3, 0.4) is 0 Å². The van der Waals surface area contributed by atoms with Gasteiger partial charge >= 0.3 is 0 Å². The smallest absolute Gasteiger partial charge is 0.191 e. The highest BCUT2D eigenvalue weighted by Crippen LogP contribution is 2.42. The Labute approximate surface area is 149 Å². The van der Waals surface area contributed by atoms with Crippen molar-refractivity contribution in [1.29, 1.82) is 0 Å². The van der Waals surface area contributed by atoms with Gasteiger partial charge in [-0.3, -0.25) is 4.99 Å². The molecule has 1 heterocycles. The van der Waals surface area contributed by atoms with Crippen LogP contribution in [-0.4, -0.2) is 37.4 Å². The first kappa shape index (κ1) is 19.2. The Kier molecular flexibility index (Phi) is 6.66. The van der Waals surface area contributed by atoms with Crippen LogP contribution in [0.15, 0.2) is 9.52 Å². The van der Waals surface area contributed by atoms with Gasteiger partial charge in [-0.25, -0.2) is 0 Å². The Morgan fingerprint density at radius 2 is 2.14 bits per heavy atom. The molecule has 22 heavy (non-hydrogen) atoms. The quantitative estimate of drug-likeness (QED) is 0.443. The molecule has 0 aliphatic heterocycles. The minimum absolute atomic E-state index is 0. The van der Waals surface area contributed by atoms with Crippen LogP contribution in [0, 0.1) is 19.3 Å². The molecule has 2 atom stereocenters. The van der Waals surface area contributed by atoms with E-state index in [-0.39, 0.29) is 29.4 Å². The maximum atomic E-state index is 5.48. The summed E-state index contributed by atoms with van der Waals surface area (Å²) in [5.74, 6) is 1.64. The number of nitrogens with zero attached hydrogens (tertiary/aromatic N) is 2. The summed E-state index contributed by atoms with van der Waals surface area (Å²) in [6.45, 7) is 8.95. The Balaban J connectivity index is 0.00000242. The van der Waals surface area contributed by atoms with Crippen molar-refractivity contribution in [2.45, 2.75) is 52.8 Å². The molecule has 2 N–H and O–H groups in total. The Hall–Kier alpha value is -0.830. The number of halogens is 1. The number of aliphatic imine (C=N–C) groups is 1. The number of guanidine groups is 1. The zero-order valence-corrected chi connectivity index (χ0v) is 16.5. The van der Waals surface area contributed by atoms with Crippen molar-refractivity contribution in [2.75, 3.05) is 14.2 Å². The lowest BCUT2D eigenvalue weighted by Crippen LogP contribution is -2.63. The predicted octanol–water partition coefficient (Wildman–Crippen LogP) is 2.39. The summed E-state index contributed by atoms with van der Waals surface area (Å²) in [5, 5.41) is 10.7. The molecule has 0 bridgehead atoms. The van der Waals surface area contributed by atoms with Crippen LogP contribution < -0.4 is 10.6 Å². The Morgan fingerprint density at radius 3 is 2.59 bits per heavy atom. The molecule has 7 heteroatoms. The average molecular weight is 422 g/mol. The second-order valence-corrected chi connectivity index (χ2v) is 6.21. The van der Waals surface area contributed by atoms with E-state index in [1.165, 1.54) is 0 Å². The van der Waals surface area contributed by atoms with E-state index < -0.39 is 0 Å². The molecule has 0 amide bonds. The van der Waals surface area contributed by atoms with Crippen molar-refractivity contribution in [3.8, 4) is 0 Å². The number of ether oxygens (including phenoxy) is 1. The minimum Gasteiger partial charge on any atom is -0.381 e. The third-order valence-corrected chi connectivity index (χ3v) is 4.61. The van der Waals surface area contributed by atoms with Gasteiger partial charge in [-0.2, -0.15) is 0 Å². The molecule has 0 spiro atoms. The van der Waals surface area contributed by atoms with Crippen molar-refractivity contribution < 1.29 is 9.26 Å². The minimum atomic E-state index is 0. The van der Waals surface area contributed by atoms with E-state index in [9.17, 15) is 0 Å². The summed E-state index contributed by atoms with van der Waals surface area (Å²) in [7, 11) is 3.55. The van der Waals surface area contributed by atoms with Crippen LogP contribution in [0.2, 0.25) is 0 Å². The summed E-state index contributed by atoms with van der Waals surface area (Å²) in [6, 6.07) is 0.360. The molecule has 1 aliphatic carbocycles. The summed E-state index contributed by atoms with van der Waals surface area (Å²) in [6.07, 6.45) is 1.30. The van der Waals surface area contributed by atoms with Crippen molar-refractivity contribution in [1.82, 2.24) is 15.8 Å². The van der Waals surface area contributed by atoms with Crippen LogP contribution in [0.5, 0.6) is 0 Å². The second-order valence-electron chi connectivity index (χ2n) is 6.21. The van der Waals surface area contributed by atoms with E-state index in [1.54, 1.807) is 14.2 Å². The topological polar surface area (TPSA) is 71.7 Å². The second kappa shape index (κ2) is 7.63. The van der Waals surface area contributed by atoms with Gasteiger partial charge in [-0.05, 0) is 20.3 Å². The van der Waals surface area contributed by atoms with Crippen LogP contribution in [0.1, 0.15) is 37.3 Å². The molecule has 1 saturated carbocycles. The number of aryl methyl sites for hydroxylation is 2. The van der Waals surface area contributed by atoms with E-state index in [4.69, 9.17) is 9.26 Å². The SMILES string of the molecule is CN=C(NCc1c(C)noc1C)NC1CC(OC)C1(C)C.I. The maximum Gasteiger partial charge on any atom is 0.191 e. The van der Waals surface area contributed by atoms with Gasteiger partial charge in [0.25, 0.3) is 0 Å². The van der Waals surface area contributed by atoms with Crippen LogP contribution in [-0.2, 0) is 11.3 Å². The fourth-order valence-electron chi connectivity index (χ4n) is 2.82. The normalized spacial score (nSPS) is 23.5. The standard InChI is InChI=1S/C15H26N4O2.HI/c1-9-11(10(2)21-19-9)8-17-14(16-5)18-12-7-13(20-6)15(12,3)4;/h12-13H,7-8H2,1-6H3,(H2,16,17,18);1H. The number of methoxy groups -OCH3 is 1. The van der Waals surface area contributed by atoms with E-state index in [0.29, 0.717) is 18.7 Å². The molecular weight excluding hydrogens is 395 g/mol. The monoisotopic (exact) mass is 422 g/mol. The zero-order valence-electron chi connectivity index (χ0n) is 14.2. The third-order valence-electron chi connectivity index (χ3n) is 4.61. The zero-order chi connectivity index (χ0) is 15.6. The van der Waals surface area contributed by atoms with Gasteiger partial charge in [0.1, 0.15) is 5.76 Å².